The van der Waals surface area contributed by atoms with E-state index in [0.29, 0.717) is 0 Å². The highest BCUT2D eigenvalue weighted by Gasteiger charge is 2.25. The zero-order valence-corrected chi connectivity index (χ0v) is 21.6. The van der Waals surface area contributed by atoms with E-state index in [4.69, 9.17) is 4.98 Å². The Hall–Kier alpha value is -2.73. The number of nitrogens with zero attached hydrogens (tertiary/aromatic N) is 4. The molecule has 3 aliphatic rings. The summed E-state index contributed by atoms with van der Waals surface area (Å²) in [6.07, 6.45) is 14.0. The number of nitrogens with one attached hydrogen (secondary N) is 1. The van der Waals surface area contributed by atoms with E-state index in [9.17, 15) is 4.79 Å². The van der Waals surface area contributed by atoms with Gasteiger partial charge in [0.25, 0.3) is 5.91 Å². The van der Waals surface area contributed by atoms with Gasteiger partial charge in [-0.15, -0.1) is 0 Å². The molecule has 1 N–H and O–H groups in total. The molecule has 2 saturated carbocycles. The zero-order chi connectivity index (χ0) is 24.5. The van der Waals surface area contributed by atoms with Crippen LogP contribution in [-0.2, 0) is 19.9 Å². The van der Waals surface area contributed by atoms with Crippen molar-refractivity contribution in [3.05, 3.63) is 59.0 Å². The Morgan fingerprint density at radius 1 is 1.03 bits per heavy atom. The molecule has 0 atom stereocenters. The van der Waals surface area contributed by atoms with Gasteiger partial charge in [0.15, 0.2) is 0 Å². The third kappa shape index (κ3) is 5.06. The number of carbonyl (C=O) groups excluding carboxylic acids is 1. The average Bonchev–Trinajstić information content (AvgIpc) is 3.12. The molecule has 3 heterocycles. The summed E-state index contributed by atoms with van der Waals surface area (Å²) in [4.78, 5) is 20.7. The van der Waals surface area contributed by atoms with Gasteiger partial charge in [-0.3, -0.25) is 14.5 Å². The molecular weight excluding hydrogens is 446 g/mol. The number of pyridine rings is 1. The van der Waals surface area contributed by atoms with Gasteiger partial charge in [0.1, 0.15) is 0 Å². The van der Waals surface area contributed by atoms with Crippen molar-refractivity contribution < 1.29 is 4.79 Å². The minimum atomic E-state index is 0.0373. The van der Waals surface area contributed by atoms with Gasteiger partial charge in [0.05, 0.1) is 11.1 Å². The first kappa shape index (κ1) is 23.7. The molecule has 1 aliphatic heterocycles. The largest absolute Gasteiger partial charge is 0.349 e. The molecule has 0 radical (unpaired) electrons. The number of fused-ring (bicyclic) bond motifs is 2. The molecule has 36 heavy (non-hydrogen) atoms. The van der Waals surface area contributed by atoms with Crippen LogP contribution in [0.15, 0.2) is 36.5 Å². The summed E-state index contributed by atoms with van der Waals surface area (Å²) in [5, 5.41) is 8.67. The topological polar surface area (TPSA) is 63.1 Å². The smallest absolute Gasteiger partial charge is 0.252 e. The number of rotatable bonds is 6. The number of hydrogen-bond donors (Lipinski definition) is 1. The monoisotopic (exact) mass is 485 g/mol. The minimum Gasteiger partial charge on any atom is -0.349 e. The highest BCUT2D eigenvalue weighted by atomic mass is 16.1. The molecule has 0 spiro atoms. The molecule has 0 saturated heterocycles. The van der Waals surface area contributed by atoms with E-state index >= 15 is 0 Å². The fraction of sp³-hybridized carbons (Fsp3) is 0.567. The molecule has 190 valence electrons. The van der Waals surface area contributed by atoms with Crippen molar-refractivity contribution in [1.29, 1.82) is 0 Å². The van der Waals surface area contributed by atoms with E-state index in [2.05, 4.69) is 27.4 Å². The van der Waals surface area contributed by atoms with Crippen LogP contribution in [0.4, 0.5) is 0 Å². The predicted octanol–water partition coefficient (Wildman–Crippen LogP) is 5.02. The summed E-state index contributed by atoms with van der Waals surface area (Å²) in [5.41, 5.74) is 5.78. The highest BCUT2D eigenvalue weighted by molar-refractivity contribution is 6.06. The van der Waals surface area contributed by atoms with Crippen molar-refractivity contribution in [2.75, 3.05) is 19.6 Å². The lowest BCUT2D eigenvalue weighted by atomic mass is 9.82. The number of benzene rings is 1. The molecule has 2 aliphatic carbocycles. The Morgan fingerprint density at radius 2 is 1.86 bits per heavy atom. The van der Waals surface area contributed by atoms with Gasteiger partial charge in [0.2, 0.25) is 0 Å². The van der Waals surface area contributed by atoms with Crippen LogP contribution >= 0.6 is 0 Å². The Morgan fingerprint density at radius 3 is 2.67 bits per heavy atom. The van der Waals surface area contributed by atoms with Gasteiger partial charge in [0, 0.05) is 61.5 Å². The van der Waals surface area contributed by atoms with E-state index in [1.54, 1.807) is 4.68 Å². The maximum Gasteiger partial charge on any atom is 0.252 e. The van der Waals surface area contributed by atoms with Crippen molar-refractivity contribution in [2.45, 2.75) is 76.2 Å². The van der Waals surface area contributed by atoms with Gasteiger partial charge in [-0.05, 0) is 87.6 Å². The van der Waals surface area contributed by atoms with Gasteiger partial charge in [-0.2, -0.15) is 5.10 Å². The highest BCUT2D eigenvalue weighted by Crippen LogP contribution is 2.36. The quantitative estimate of drug-likeness (QED) is 0.533. The third-order valence-electron chi connectivity index (χ3n) is 8.92. The normalized spacial score (nSPS) is 23.1. The summed E-state index contributed by atoms with van der Waals surface area (Å²) in [5.74, 6) is 1.53. The van der Waals surface area contributed by atoms with Crippen molar-refractivity contribution in [2.24, 2.45) is 13.0 Å². The molecular formula is C30H39N5O. The van der Waals surface area contributed by atoms with Crippen molar-refractivity contribution in [1.82, 2.24) is 25.0 Å². The molecule has 6 nitrogen and oxygen atoms in total. The van der Waals surface area contributed by atoms with Crippen LogP contribution in [-0.4, -0.2) is 51.2 Å². The van der Waals surface area contributed by atoms with Gasteiger partial charge in [-0.25, -0.2) is 0 Å². The molecule has 2 aromatic heterocycles. The molecule has 6 heteroatoms. The van der Waals surface area contributed by atoms with Crippen molar-refractivity contribution >= 4 is 16.8 Å². The number of aromatic nitrogens is 3. The summed E-state index contributed by atoms with van der Waals surface area (Å²) < 4.78 is 1.78. The second-order valence-electron chi connectivity index (χ2n) is 11.3. The molecule has 0 bridgehead atoms. The summed E-state index contributed by atoms with van der Waals surface area (Å²) in [6.45, 7) is 3.48. The van der Waals surface area contributed by atoms with Crippen LogP contribution in [0.25, 0.3) is 10.9 Å². The standard InChI is InChI=1S/C30H39N5O/c1-34-20-26-25(6-3-7-29(26)33-34)30(36)31-24-11-8-21(9-12-24)14-17-35-18-15-23-10-13-27(22-4-2-5-22)32-28(23)16-19-35/h3,6-7,10,13,20-22,24H,2,4-5,8-9,11-12,14-19H2,1H3,(H,31,36). The van der Waals surface area contributed by atoms with E-state index in [1.165, 1.54) is 62.0 Å². The van der Waals surface area contributed by atoms with E-state index in [-0.39, 0.29) is 11.9 Å². The molecule has 1 aromatic carbocycles. The van der Waals surface area contributed by atoms with Crippen LogP contribution in [0.3, 0.4) is 0 Å². The number of hydrogen-bond acceptors (Lipinski definition) is 4. The first-order valence-electron chi connectivity index (χ1n) is 14.1. The second-order valence-corrected chi connectivity index (χ2v) is 11.3. The minimum absolute atomic E-state index is 0.0373. The lowest BCUT2D eigenvalue weighted by Crippen LogP contribution is -2.38. The Kier molecular flexibility index (Phi) is 6.79. The SMILES string of the molecule is Cn1cc2c(C(=O)NC3CCC(CCN4CCc5ccc(C6CCC6)nc5CC4)CC3)cccc2n1. The summed E-state index contributed by atoms with van der Waals surface area (Å²) in [7, 11) is 1.90. The third-order valence-corrected chi connectivity index (χ3v) is 8.92. The number of amides is 1. The maximum atomic E-state index is 13.0. The molecule has 2 fully saturated rings. The van der Waals surface area contributed by atoms with Crippen LogP contribution < -0.4 is 5.32 Å². The molecule has 6 rings (SSSR count). The van der Waals surface area contributed by atoms with Crippen LogP contribution in [0.1, 0.15) is 84.6 Å². The van der Waals surface area contributed by atoms with Crippen LogP contribution in [0.2, 0.25) is 0 Å². The predicted molar refractivity (Wildman–Crippen MR) is 143 cm³/mol. The number of aryl methyl sites for hydroxylation is 1. The molecule has 3 aromatic rings. The van der Waals surface area contributed by atoms with Gasteiger partial charge >= 0.3 is 0 Å². The van der Waals surface area contributed by atoms with Crippen molar-refractivity contribution in [3.8, 4) is 0 Å². The lowest BCUT2D eigenvalue weighted by molar-refractivity contribution is 0.0921. The van der Waals surface area contributed by atoms with Crippen molar-refractivity contribution in [3.63, 3.8) is 0 Å². The summed E-state index contributed by atoms with van der Waals surface area (Å²) >= 11 is 0. The fourth-order valence-electron chi connectivity index (χ4n) is 6.38. The van der Waals surface area contributed by atoms with E-state index < -0.39 is 0 Å². The van der Waals surface area contributed by atoms with E-state index in [0.717, 1.165) is 67.1 Å². The zero-order valence-electron chi connectivity index (χ0n) is 21.6. The second kappa shape index (κ2) is 10.3. The maximum absolute atomic E-state index is 13.0. The molecule has 1 amide bonds. The fourth-order valence-corrected chi connectivity index (χ4v) is 6.38. The van der Waals surface area contributed by atoms with Crippen LogP contribution in [0, 0.1) is 5.92 Å². The van der Waals surface area contributed by atoms with Gasteiger partial charge in [-0.1, -0.05) is 18.6 Å². The average molecular weight is 486 g/mol. The molecule has 0 unspecified atom stereocenters. The Balaban J connectivity index is 0.960. The van der Waals surface area contributed by atoms with E-state index in [1.807, 2.05) is 31.4 Å². The first-order chi connectivity index (χ1) is 17.6. The van der Waals surface area contributed by atoms with Gasteiger partial charge < -0.3 is 10.2 Å². The van der Waals surface area contributed by atoms with Crippen LogP contribution in [0.5, 0.6) is 0 Å². The summed E-state index contributed by atoms with van der Waals surface area (Å²) in [6, 6.07) is 10.7. The first-order valence-corrected chi connectivity index (χ1v) is 14.1. The number of carbonyl (C=O) groups is 1. The Labute approximate surface area is 214 Å². The Bertz CT molecular complexity index is 1220. The lowest BCUT2D eigenvalue weighted by Gasteiger charge is -2.30.